The smallest absolute Gasteiger partial charge is 0.341 e. The van der Waals surface area contributed by atoms with E-state index in [9.17, 15) is 14.4 Å². The molecule has 2 N–H and O–H groups in total. The first-order chi connectivity index (χ1) is 17.2. The van der Waals surface area contributed by atoms with Crippen LogP contribution in [0.3, 0.4) is 0 Å². The summed E-state index contributed by atoms with van der Waals surface area (Å²) >= 11 is 0. The van der Waals surface area contributed by atoms with E-state index in [1.807, 2.05) is 43.3 Å². The lowest BCUT2D eigenvalue weighted by Gasteiger charge is -2.35. The van der Waals surface area contributed by atoms with Gasteiger partial charge in [0.1, 0.15) is 16.7 Å². The molecular weight excluding hydrogens is 458 g/mol. The number of benzene rings is 2. The van der Waals surface area contributed by atoms with E-state index < -0.39 is 22.9 Å². The van der Waals surface area contributed by atoms with E-state index in [2.05, 4.69) is 0 Å². The molecule has 184 valence electrons. The highest BCUT2D eigenvalue weighted by molar-refractivity contribution is 6.18. The van der Waals surface area contributed by atoms with Crippen molar-refractivity contribution in [1.82, 2.24) is 4.57 Å². The number of rotatable bonds is 4. The largest absolute Gasteiger partial charge is 0.462 e. The summed E-state index contributed by atoms with van der Waals surface area (Å²) in [6.45, 7) is 5.72. The first-order valence-electron chi connectivity index (χ1n) is 11.7. The van der Waals surface area contributed by atoms with Crippen LogP contribution in [-0.2, 0) is 33.3 Å². The van der Waals surface area contributed by atoms with Crippen molar-refractivity contribution in [3.8, 4) is 5.75 Å². The Morgan fingerprint density at radius 1 is 1.08 bits per heavy atom. The summed E-state index contributed by atoms with van der Waals surface area (Å²) in [6.07, 6.45) is 0. The van der Waals surface area contributed by atoms with Gasteiger partial charge in [0.15, 0.2) is 0 Å². The summed E-state index contributed by atoms with van der Waals surface area (Å²) in [6, 6.07) is 16.7. The van der Waals surface area contributed by atoms with Crippen LogP contribution >= 0.6 is 0 Å². The topological polar surface area (TPSA) is 104 Å². The lowest BCUT2D eigenvalue weighted by molar-refractivity contribution is -0.140. The van der Waals surface area contributed by atoms with Crippen LogP contribution in [0, 0.1) is 13.8 Å². The van der Waals surface area contributed by atoms with Crippen LogP contribution in [0.2, 0.25) is 0 Å². The first kappa shape index (κ1) is 23.4. The molecule has 0 saturated heterocycles. The van der Waals surface area contributed by atoms with Crippen molar-refractivity contribution in [3.05, 3.63) is 104 Å². The molecule has 0 bridgehead atoms. The standard InChI is InChI=1S/C28H27N3O5/c1-5-35-26(33)23-24(29)36-21-14-17(3)30(4)25(32)22(21)28(23)19-8-6-7-9-20(19)31(27(28)34)15-18-12-10-16(2)11-13-18/h6-14H,5,15,29H2,1-4H3. The van der Waals surface area contributed by atoms with Crippen molar-refractivity contribution in [2.75, 3.05) is 11.5 Å². The van der Waals surface area contributed by atoms with E-state index in [1.165, 1.54) is 4.57 Å². The molecule has 1 amide bonds. The molecule has 1 atom stereocenters. The fourth-order valence-electron chi connectivity index (χ4n) is 5.12. The highest BCUT2D eigenvalue weighted by Gasteiger charge is 2.62. The van der Waals surface area contributed by atoms with Gasteiger partial charge < -0.3 is 24.7 Å². The Kier molecular flexibility index (Phi) is 5.47. The average molecular weight is 486 g/mol. The van der Waals surface area contributed by atoms with Gasteiger partial charge in [0.05, 0.1) is 18.7 Å². The molecule has 8 heteroatoms. The molecule has 8 nitrogen and oxygen atoms in total. The number of ether oxygens (including phenoxy) is 2. The second kappa shape index (κ2) is 8.41. The minimum Gasteiger partial charge on any atom is -0.462 e. The number of esters is 1. The Morgan fingerprint density at radius 2 is 1.78 bits per heavy atom. The highest BCUT2D eigenvalue weighted by Crippen LogP contribution is 2.54. The summed E-state index contributed by atoms with van der Waals surface area (Å²) < 4.78 is 12.6. The molecule has 0 aliphatic carbocycles. The molecule has 2 aliphatic heterocycles. The van der Waals surface area contributed by atoms with Crippen molar-refractivity contribution >= 4 is 17.6 Å². The Hall–Kier alpha value is -4.33. The summed E-state index contributed by atoms with van der Waals surface area (Å²) in [5.74, 6) is -1.36. The van der Waals surface area contributed by atoms with E-state index in [4.69, 9.17) is 15.2 Å². The molecule has 5 rings (SSSR count). The fraction of sp³-hybridized carbons (Fsp3) is 0.250. The SMILES string of the molecule is CCOC(=O)C1=C(N)Oc2cc(C)n(C)c(=O)c2C12C(=O)N(Cc1ccc(C)cc1)c1ccccc12. The first-order valence-corrected chi connectivity index (χ1v) is 11.7. The van der Waals surface area contributed by atoms with Crippen LogP contribution in [0.4, 0.5) is 5.69 Å². The van der Waals surface area contributed by atoms with E-state index in [0.29, 0.717) is 16.9 Å². The van der Waals surface area contributed by atoms with Gasteiger partial charge >= 0.3 is 5.97 Å². The Morgan fingerprint density at radius 3 is 2.47 bits per heavy atom. The molecule has 0 radical (unpaired) electrons. The maximum Gasteiger partial charge on any atom is 0.341 e. The maximum atomic E-state index is 14.6. The number of nitrogens with two attached hydrogens (primary N) is 1. The van der Waals surface area contributed by atoms with Crippen LogP contribution < -0.4 is 20.9 Å². The molecule has 1 aromatic heterocycles. The summed E-state index contributed by atoms with van der Waals surface area (Å²) in [5, 5.41) is 0. The molecule has 2 aliphatic rings. The molecule has 3 heterocycles. The number of nitrogens with zero attached hydrogens (tertiary/aromatic N) is 2. The van der Waals surface area contributed by atoms with Gasteiger partial charge in [-0.2, -0.15) is 0 Å². The van der Waals surface area contributed by atoms with Crippen LogP contribution in [0.15, 0.2) is 70.8 Å². The molecular formula is C28H27N3O5. The number of aryl methyl sites for hydroxylation is 2. The Bertz CT molecular complexity index is 1500. The van der Waals surface area contributed by atoms with Gasteiger partial charge in [-0.1, -0.05) is 48.0 Å². The normalized spacial score (nSPS) is 18.2. The molecule has 3 aromatic rings. The predicted octanol–water partition coefficient (Wildman–Crippen LogP) is 2.96. The third-order valence-corrected chi connectivity index (χ3v) is 6.96. The van der Waals surface area contributed by atoms with E-state index in [-0.39, 0.29) is 35.9 Å². The van der Waals surface area contributed by atoms with Crippen LogP contribution in [-0.4, -0.2) is 23.1 Å². The zero-order chi connectivity index (χ0) is 25.8. The lowest BCUT2D eigenvalue weighted by Crippen LogP contribution is -2.51. The second-order valence-corrected chi connectivity index (χ2v) is 9.09. The van der Waals surface area contributed by atoms with Crippen LogP contribution in [0.5, 0.6) is 5.75 Å². The number of carbonyl (C=O) groups excluding carboxylic acids is 2. The average Bonchev–Trinajstić information content (AvgIpc) is 3.07. The molecule has 2 aromatic carbocycles. The molecule has 1 unspecified atom stereocenters. The zero-order valence-electron chi connectivity index (χ0n) is 20.6. The fourth-order valence-corrected chi connectivity index (χ4v) is 5.12. The molecule has 1 spiro atoms. The van der Waals surface area contributed by atoms with Crippen molar-refractivity contribution in [1.29, 1.82) is 0 Å². The van der Waals surface area contributed by atoms with Gasteiger partial charge in [0.2, 0.25) is 11.8 Å². The minimum absolute atomic E-state index is 0.0525. The van der Waals surface area contributed by atoms with E-state index in [1.54, 1.807) is 44.0 Å². The number of aromatic nitrogens is 1. The molecule has 36 heavy (non-hydrogen) atoms. The summed E-state index contributed by atoms with van der Waals surface area (Å²) in [4.78, 5) is 43.4. The second-order valence-electron chi connectivity index (χ2n) is 9.09. The van der Waals surface area contributed by atoms with Crippen molar-refractivity contribution in [3.63, 3.8) is 0 Å². The monoisotopic (exact) mass is 485 g/mol. The summed E-state index contributed by atoms with van der Waals surface area (Å²) in [7, 11) is 1.62. The highest BCUT2D eigenvalue weighted by atomic mass is 16.5. The third kappa shape index (κ3) is 3.17. The van der Waals surface area contributed by atoms with Crippen molar-refractivity contribution in [2.24, 2.45) is 12.8 Å². The van der Waals surface area contributed by atoms with Gasteiger partial charge in [0.25, 0.3) is 5.56 Å². The van der Waals surface area contributed by atoms with Gasteiger partial charge in [-0.3, -0.25) is 9.59 Å². The van der Waals surface area contributed by atoms with Crippen molar-refractivity contribution < 1.29 is 19.1 Å². The Labute approximate surface area is 208 Å². The number of pyridine rings is 1. The van der Waals surface area contributed by atoms with Crippen molar-refractivity contribution in [2.45, 2.75) is 32.7 Å². The maximum absolute atomic E-state index is 14.6. The summed E-state index contributed by atoms with van der Waals surface area (Å²) in [5.41, 5.74) is 7.64. The number of hydrogen-bond acceptors (Lipinski definition) is 6. The number of hydrogen-bond donors (Lipinski definition) is 1. The van der Waals surface area contributed by atoms with Gasteiger partial charge in [-0.15, -0.1) is 0 Å². The number of anilines is 1. The molecule has 0 fully saturated rings. The third-order valence-electron chi connectivity index (χ3n) is 6.96. The number of fused-ring (bicyclic) bond motifs is 4. The van der Waals surface area contributed by atoms with Gasteiger partial charge in [0, 0.05) is 30.1 Å². The number of carbonyl (C=O) groups is 2. The number of amides is 1. The minimum atomic E-state index is -1.81. The predicted molar refractivity (Wildman–Crippen MR) is 134 cm³/mol. The Balaban J connectivity index is 1.84. The van der Waals surface area contributed by atoms with Gasteiger partial charge in [-0.25, -0.2) is 4.79 Å². The van der Waals surface area contributed by atoms with E-state index >= 15 is 0 Å². The van der Waals surface area contributed by atoms with Crippen LogP contribution in [0.1, 0.15) is 34.9 Å². The van der Waals surface area contributed by atoms with Crippen LogP contribution in [0.25, 0.3) is 0 Å². The van der Waals surface area contributed by atoms with E-state index in [0.717, 1.165) is 11.1 Å². The number of para-hydroxylation sites is 1. The van der Waals surface area contributed by atoms with Gasteiger partial charge in [-0.05, 0) is 32.4 Å². The lowest BCUT2D eigenvalue weighted by atomic mass is 9.68. The quantitative estimate of drug-likeness (QED) is 0.570. The zero-order valence-corrected chi connectivity index (χ0v) is 20.6. The molecule has 0 saturated carbocycles.